The molecule has 0 fully saturated rings. The number of nitrogens with zero attached hydrogens (tertiary/aromatic N) is 4. The highest BCUT2D eigenvalue weighted by molar-refractivity contribution is 4.85. The Balaban J connectivity index is 2.20. The Kier molecular flexibility index (Phi) is 5.11. The van der Waals surface area contributed by atoms with Gasteiger partial charge in [-0.15, -0.1) is 10.2 Å². The topological polar surface area (TPSA) is 66.5 Å². The molecule has 0 saturated carbocycles. The molecule has 0 aromatic carbocycles. The molecule has 1 heterocycles. The number of aryl methyl sites for hydroxylation is 1. The van der Waals surface area contributed by atoms with E-state index in [1.54, 1.807) is 6.33 Å². The Morgan fingerprint density at radius 1 is 1.53 bits per heavy atom. The second-order valence-corrected chi connectivity index (χ2v) is 5.11. The number of nitriles is 1. The lowest BCUT2D eigenvalue weighted by Gasteiger charge is -2.23. The number of aromatic nitrogens is 3. The van der Waals surface area contributed by atoms with Crippen LogP contribution in [0.15, 0.2) is 6.33 Å². The number of rotatable bonds is 7. The van der Waals surface area contributed by atoms with Gasteiger partial charge in [0.15, 0.2) is 0 Å². The van der Waals surface area contributed by atoms with Crippen molar-refractivity contribution in [3.05, 3.63) is 12.2 Å². The Hall–Kier alpha value is -1.41. The maximum absolute atomic E-state index is 8.57. The first-order valence-electron chi connectivity index (χ1n) is 5.96. The van der Waals surface area contributed by atoms with Gasteiger partial charge < -0.3 is 9.88 Å². The molecule has 5 nitrogen and oxygen atoms in total. The highest BCUT2D eigenvalue weighted by Crippen LogP contribution is 2.20. The predicted molar refractivity (Wildman–Crippen MR) is 66.2 cm³/mol. The van der Waals surface area contributed by atoms with Gasteiger partial charge in [-0.1, -0.05) is 13.8 Å². The third-order valence-electron chi connectivity index (χ3n) is 2.85. The molecular formula is C12H21N5. The van der Waals surface area contributed by atoms with Crippen LogP contribution in [0.5, 0.6) is 0 Å². The van der Waals surface area contributed by atoms with Gasteiger partial charge in [-0.05, 0) is 11.8 Å². The maximum Gasteiger partial charge on any atom is 0.133 e. The van der Waals surface area contributed by atoms with Gasteiger partial charge >= 0.3 is 0 Å². The number of hydrogen-bond acceptors (Lipinski definition) is 4. The Morgan fingerprint density at radius 2 is 2.29 bits per heavy atom. The predicted octanol–water partition coefficient (Wildman–Crippen LogP) is 1.28. The van der Waals surface area contributed by atoms with E-state index in [0.717, 1.165) is 31.8 Å². The van der Waals surface area contributed by atoms with E-state index in [1.165, 1.54) is 0 Å². The molecule has 0 atom stereocenters. The fourth-order valence-corrected chi connectivity index (χ4v) is 1.64. The van der Waals surface area contributed by atoms with Crippen molar-refractivity contribution in [3.8, 4) is 6.07 Å². The normalized spacial score (nSPS) is 11.4. The van der Waals surface area contributed by atoms with Crippen LogP contribution in [-0.4, -0.2) is 27.9 Å². The average molecular weight is 235 g/mol. The van der Waals surface area contributed by atoms with Crippen LogP contribution in [0.2, 0.25) is 0 Å². The average Bonchev–Trinajstić information content (AvgIpc) is 2.68. The van der Waals surface area contributed by atoms with E-state index >= 15 is 0 Å². The fourth-order valence-electron chi connectivity index (χ4n) is 1.64. The van der Waals surface area contributed by atoms with Crippen LogP contribution in [0.25, 0.3) is 0 Å². The van der Waals surface area contributed by atoms with Gasteiger partial charge in [0.25, 0.3) is 0 Å². The first-order valence-corrected chi connectivity index (χ1v) is 5.96. The van der Waals surface area contributed by atoms with Crippen LogP contribution in [0.3, 0.4) is 0 Å². The van der Waals surface area contributed by atoms with Crippen molar-refractivity contribution in [1.82, 2.24) is 20.1 Å². The van der Waals surface area contributed by atoms with Gasteiger partial charge in [0.1, 0.15) is 12.2 Å². The Morgan fingerprint density at radius 3 is 2.88 bits per heavy atom. The molecule has 17 heavy (non-hydrogen) atoms. The van der Waals surface area contributed by atoms with Crippen molar-refractivity contribution in [2.24, 2.45) is 12.5 Å². The van der Waals surface area contributed by atoms with E-state index in [9.17, 15) is 0 Å². The number of hydrogen-bond donors (Lipinski definition) is 1. The molecule has 1 aromatic rings. The molecule has 0 amide bonds. The smallest absolute Gasteiger partial charge is 0.133 e. The maximum atomic E-state index is 8.57. The van der Waals surface area contributed by atoms with Crippen molar-refractivity contribution in [2.75, 3.05) is 13.1 Å². The molecule has 94 valence electrons. The highest BCUT2D eigenvalue weighted by Gasteiger charge is 2.16. The molecule has 0 aliphatic rings. The molecule has 0 spiro atoms. The summed E-state index contributed by atoms with van der Waals surface area (Å²) in [7, 11) is 1.95. The minimum atomic E-state index is 0.176. The van der Waals surface area contributed by atoms with E-state index in [2.05, 4.69) is 35.4 Å². The van der Waals surface area contributed by atoms with E-state index in [1.807, 2.05) is 11.6 Å². The molecule has 0 saturated heterocycles. The molecule has 0 aliphatic heterocycles. The van der Waals surface area contributed by atoms with Crippen LogP contribution in [0, 0.1) is 16.7 Å². The monoisotopic (exact) mass is 235 g/mol. The molecule has 0 radical (unpaired) electrons. The zero-order valence-electron chi connectivity index (χ0n) is 10.9. The first kappa shape index (κ1) is 13.7. The molecule has 0 unspecified atom stereocenters. The molecule has 5 heteroatoms. The van der Waals surface area contributed by atoms with Crippen molar-refractivity contribution in [3.63, 3.8) is 0 Å². The summed E-state index contributed by atoms with van der Waals surface area (Å²) in [6.07, 6.45) is 4.15. The molecule has 1 aromatic heterocycles. The third-order valence-corrected chi connectivity index (χ3v) is 2.85. The van der Waals surface area contributed by atoms with Crippen molar-refractivity contribution < 1.29 is 0 Å². The van der Waals surface area contributed by atoms with Crippen molar-refractivity contribution >= 4 is 0 Å². The summed E-state index contributed by atoms with van der Waals surface area (Å²) >= 11 is 0. The van der Waals surface area contributed by atoms with Gasteiger partial charge in [0, 0.05) is 33.0 Å². The van der Waals surface area contributed by atoms with Gasteiger partial charge in [0.2, 0.25) is 0 Å². The quantitative estimate of drug-likeness (QED) is 0.723. The summed E-state index contributed by atoms with van der Waals surface area (Å²) in [5.74, 6) is 0.993. The minimum Gasteiger partial charge on any atom is -0.321 e. The molecule has 0 aliphatic carbocycles. The van der Waals surface area contributed by atoms with Gasteiger partial charge in [-0.2, -0.15) is 5.26 Å². The van der Waals surface area contributed by atoms with Crippen molar-refractivity contribution in [2.45, 2.75) is 33.1 Å². The summed E-state index contributed by atoms with van der Waals surface area (Å²) in [4.78, 5) is 0. The lowest BCUT2D eigenvalue weighted by molar-refractivity contribution is 0.319. The van der Waals surface area contributed by atoms with Crippen LogP contribution < -0.4 is 5.32 Å². The fraction of sp³-hybridized carbons (Fsp3) is 0.750. The largest absolute Gasteiger partial charge is 0.321 e. The second kappa shape index (κ2) is 6.36. The summed E-state index contributed by atoms with van der Waals surface area (Å²) in [6.45, 7) is 6.17. The second-order valence-electron chi connectivity index (χ2n) is 5.11. The Labute approximate surface area is 103 Å². The van der Waals surface area contributed by atoms with Gasteiger partial charge in [0.05, 0.1) is 6.07 Å². The summed E-state index contributed by atoms with van der Waals surface area (Å²) < 4.78 is 1.93. The zero-order valence-corrected chi connectivity index (χ0v) is 10.9. The highest BCUT2D eigenvalue weighted by atomic mass is 15.2. The van der Waals surface area contributed by atoms with Crippen LogP contribution >= 0.6 is 0 Å². The molecule has 0 bridgehead atoms. The van der Waals surface area contributed by atoms with E-state index in [0.29, 0.717) is 6.42 Å². The van der Waals surface area contributed by atoms with E-state index in [4.69, 9.17) is 5.26 Å². The Bertz CT molecular complexity index is 374. The van der Waals surface area contributed by atoms with E-state index < -0.39 is 0 Å². The molecular weight excluding hydrogens is 214 g/mol. The van der Waals surface area contributed by atoms with E-state index in [-0.39, 0.29) is 5.41 Å². The van der Waals surface area contributed by atoms with Gasteiger partial charge in [-0.25, -0.2) is 0 Å². The number of nitrogens with one attached hydrogen (secondary N) is 1. The lowest BCUT2D eigenvalue weighted by Crippen LogP contribution is -2.31. The summed E-state index contributed by atoms with van der Waals surface area (Å²) in [5.41, 5.74) is 0.176. The van der Waals surface area contributed by atoms with Crippen LogP contribution in [-0.2, 0) is 13.5 Å². The minimum absolute atomic E-state index is 0.176. The van der Waals surface area contributed by atoms with Gasteiger partial charge in [-0.3, -0.25) is 0 Å². The molecule has 1 N–H and O–H groups in total. The first-order chi connectivity index (χ1) is 8.05. The standard InChI is InChI=1S/C12H21N5/c1-12(2,6-4-7-13)9-14-8-5-11-16-15-10-17(11)3/h10,14H,4-6,8-9H2,1-3H3. The zero-order chi connectivity index (χ0) is 12.7. The SMILES string of the molecule is Cn1cnnc1CCNCC(C)(C)CCC#N. The van der Waals surface area contributed by atoms with Crippen LogP contribution in [0.4, 0.5) is 0 Å². The summed E-state index contributed by atoms with van der Waals surface area (Å²) in [5, 5.41) is 19.8. The third kappa shape index (κ3) is 4.96. The van der Waals surface area contributed by atoms with Crippen molar-refractivity contribution in [1.29, 1.82) is 5.26 Å². The van der Waals surface area contributed by atoms with Crippen LogP contribution in [0.1, 0.15) is 32.5 Å². The lowest BCUT2D eigenvalue weighted by atomic mass is 9.88. The summed E-state index contributed by atoms with van der Waals surface area (Å²) in [6, 6.07) is 2.19. The molecule has 1 rings (SSSR count).